The van der Waals surface area contributed by atoms with Crippen molar-refractivity contribution in [3.8, 4) is 0 Å². The van der Waals surface area contributed by atoms with Gasteiger partial charge >= 0.3 is 0 Å². The number of nitrogens with zero attached hydrogens (tertiary/aromatic N) is 1. The van der Waals surface area contributed by atoms with Crippen molar-refractivity contribution in [3.05, 3.63) is 17.0 Å². The summed E-state index contributed by atoms with van der Waals surface area (Å²) in [6.45, 7) is 2.61. The predicted molar refractivity (Wildman–Crippen MR) is 83.6 cm³/mol. The van der Waals surface area contributed by atoms with Gasteiger partial charge in [0.2, 0.25) is 0 Å². The normalized spacial score (nSPS) is 17.4. The predicted octanol–water partition coefficient (Wildman–Crippen LogP) is 3.64. The third kappa shape index (κ3) is 3.40. The maximum Gasteiger partial charge on any atom is 0.252 e. The summed E-state index contributed by atoms with van der Waals surface area (Å²) >= 11 is 4.79. The summed E-state index contributed by atoms with van der Waals surface area (Å²) in [5, 5.41) is 0.689. The number of hydrogen-bond acceptors (Lipinski definition) is 3. The fourth-order valence-electron chi connectivity index (χ4n) is 2.58. The molecule has 1 aliphatic carbocycles. The van der Waals surface area contributed by atoms with E-state index >= 15 is 0 Å². The van der Waals surface area contributed by atoms with E-state index in [0.717, 1.165) is 37.0 Å². The standard InChI is InChI=1S/C13H20BrNO2S2/c1-2-12-7-8-13(18-12)19(16,17)15(10-9-14)11-5-3-4-6-11/h7-8,11H,2-6,9-10H2,1H3. The SMILES string of the molecule is CCc1ccc(S(=O)(=O)N(CCBr)C2CCCC2)s1. The van der Waals surface area contributed by atoms with E-state index in [1.165, 1.54) is 11.3 Å². The van der Waals surface area contributed by atoms with Gasteiger partial charge < -0.3 is 0 Å². The Balaban J connectivity index is 2.27. The first-order valence-corrected chi connectivity index (χ1v) is 10.1. The molecule has 6 heteroatoms. The van der Waals surface area contributed by atoms with Gasteiger partial charge in [-0.2, -0.15) is 4.31 Å². The van der Waals surface area contributed by atoms with E-state index in [-0.39, 0.29) is 6.04 Å². The molecule has 0 aromatic carbocycles. The molecule has 0 atom stereocenters. The van der Waals surface area contributed by atoms with Crippen molar-refractivity contribution in [1.82, 2.24) is 4.31 Å². The second kappa shape index (κ2) is 6.70. The van der Waals surface area contributed by atoms with Crippen LogP contribution in [0.3, 0.4) is 0 Å². The first-order valence-electron chi connectivity index (χ1n) is 6.76. The van der Waals surface area contributed by atoms with Crippen LogP contribution in [0.25, 0.3) is 0 Å². The van der Waals surface area contributed by atoms with Crippen LogP contribution in [0, 0.1) is 0 Å². The highest BCUT2D eigenvalue weighted by Crippen LogP contribution is 2.31. The van der Waals surface area contributed by atoms with Gasteiger partial charge in [0.05, 0.1) is 0 Å². The lowest BCUT2D eigenvalue weighted by Crippen LogP contribution is -2.39. The zero-order chi connectivity index (χ0) is 13.9. The van der Waals surface area contributed by atoms with Crippen LogP contribution in [-0.4, -0.2) is 30.6 Å². The van der Waals surface area contributed by atoms with Crippen molar-refractivity contribution in [3.63, 3.8) is 0 Å². The van der Waals surface area contributed by atoms with Gasteiger partial charge in [-0.3, -0.25) is 0 Å². The molecule has 0 amide bonds. The van der Waals surface area contributed by atoms with Gasteiger partial charge in [-0.1, -0.05) is 35.7 Å². The summed E-state index contributed by atoms with van der Waals surface area (Å²) in [4.78, 5) is 1.13. The molecule has 19 heavy (non-hydrogen) atoms. The first kappa shape index (κ1) is 15.5. The van der Waals surface area contributed by atoms with Crippen molar-refractivity contribution < 1.29 is 8.42 Å². The Kier molecular flexibility index (Phi) is 5.45. The maximum absolute atomic E-state index is 12.8. The van der Waals surface area contributed by atoms with Crippen LogP contribution >= 0.6 is 27.3 Å². The van der Waals surface area contributed by atoms with E-state index in [1.807, 2.05) is 6.07 Å². The zero-order valence-electron chi connectivity index (χ0n) is 11.1. The van der Waals surface area contributed by atoms with Crippen molar-refractivity contribution in [2.45, 2.75) is 49.3 Å². The fourth-order valence-corrected chi connectivity index (χ4v) is 6.30. The Labute approximate surface area is 128 Å². The van der Waals surface area contributed by atoms with Gasteiger partial charge in [-0.15, -0.1) is 11.3 Å². The Morgan fingerprint density at radius 1 is 1.37 bits per heavy atom. The average Bonchev–Trinajstić information content (AvgIpc) is 3.06. The van der Waals surface area contributed by atoms with Crippen LogP contribution in [0.1, 0.15) is 37.5 Å². The lowest BCUT2D eigenvalue weighted by molar-refractivity contribution is 0.339. The third-order valence-corrected chi connectivity index (χ3v) is 7.59. The molecule has 0 spiro atoms. The summed E-state index contributed by atoms with van der Waals surface area (Å²) in [6, 6.07) is 3.88. The molecular weight excluding hydrogens is 346 g/mol. The summed E-state index contributed by atoms with van der Waals surface area (Å²) < 4.78 is 27.7. The second-order valence-corrected chi connectivity index (χ2v) is 8.90. The van der Waals surface area contributed by atoms with Crippen LogP contribution < -0.4 is 0 Å². The van der Waals surface area contributed by atoms with Crippen LogP contribution in [0.4, 0.5) is 0 Å². The number of alkyl halides is 1. The number of hydrogen-bond donors (Lipinski definition) is 0. The molecule has 1 aliphatic rings. The molecule has 1 aromatic heterocycles. The molecule has 1 heterocycles. The van der Waals surface area contributed by atoms with Gasteiger partial charge in [-0.25, -0.2) is 8.42 Å². The molecular formula is C13H20BrNO2S2. The Hall–Kier alpha value is 0.0900. The molecule has 108 valence electrons. The molecule has 0 bridgehead atoms. The van der Waals surface area contributed by atoms with Gasteiger partial charge in [0.25, 0.3) is 10.0 Å². The molecule has 0 N–H and O–H groups in total. The van der Waals surface area contributed by atoms with Crippen LogP contribution in [0.5, 0.6) is 0 Å². The first-order chi connectivity index (χ1) is 9.09. The Morgan fingerprint density at radius 3 is 2.58 bits per heavy atom. The summed E-state index contributed by atoms with van der Waals surface area (Å²) in [7, 11) is -3.31. The summed E-state index contributed by atoms with van der Waals surface area (Å²) in [5.41, 5.74) is 0. The molecule has 2 rings (SSSR count). The van der Waals surface area contributed by atoms with Gasteiger partial charge in [0, 0.05) is 22.8 Å². The number of thiophene rings is 1. The van der Waals surface area contributed by atoms with Crippen molar-refractivity contribution in [1.29, 1.82) is 0 Å². The molecule has 0 saturated heterocycles. The Morgan fingerprint density at radius 2 is 2.05 bits per heavy atom. The highest BCUT2D eigenvalue weighted by Gasteiger charge is 2.33. The zero-order valence-corrected chi connectivity index (χ0v) is 14.4. The highest BCUT2D eigenvalue weighted by molar-refractivity contribution is 9.09. The van der Waals surface area contributed by atoms with E-state index < -0.39 is 10.0 Å². The molecule has 0 unspecified atom stereocenters. The molecule has 1 saturated carbocycles. The number of halogens is 1. The van der Waals surface area contributed by atoms with E-state index in [2.05, 4.69) is 22.9 Å². The number of sulfonamides is 1. The van der Waals surface area contributed by atoms with E-state index in [4.69, 9.17) is 0 Å². The Bertz CT molecular complexity index is 506. The molecule has 0 radical (unpaired) electrons. The van der Waals surface area contributed by atoms with Gasteiger partial charge in [0.15, 0.2) is 0 Å². The van der Waals surface area contributed by atoms with Crippen LogP contribution in [0.15, 0.2) is 16.3 Å². The third-order valence-electron chi connectivity index (χ3n) is 3.59. The smallest absolute Gasteiger partial charge is 0.206 e. The average molecular weight is 366 g/mol. The minimum absolute atomic E-state index is 0.190. The van der Waals surface area contributed by atoms with Crippen molar-refractivity contribution >= 4 is 37.3 Å². The fraction of sp³-hybridized carbons (Fsp3) is 0.692. The van der Waals surface area contributed by atoms with Crippen molar-refractivity contribution in [2.75, 3.05) is 11.9 Å². The lowest BCUT2D eigenvalue weighted by atomic mass is 10.2. The molecule has 1 fully saturated rings. The van der Waals surface area contributed by atoms with E-state index in [1.54, 1.807) is 10.4 Å². The van der Waals surface area contributed by atoms with Gasteiger partial charge in [0.1, 0.15) is 4.21 Å². The number of rotatable bonds is 6. The molecule has 0 aliphatic heterocycles. The van der Waals surface area contributed by atoms with Crippen LogP contribution in [0.2, 0.25) is 0 Å². The summed E-state index contributed by atoms with van der Waals surface area (Å²) in [6.07, 6.45) is 5.17. The maximum atomic E-state index is 12.8. The lowest BCUT2D eigenvalue weighted by Gasteiger charge is -2.26. The largest absolute Gasteiger partial charge is 0.252 e. The second-order valence-electron chi connectivity index (χ2n) is 4.82. The summed E-state index contributed by atoms with van der Waals surface area (Å²) in [5.74, 6) is 0. The monoisotopic (exact) mass is 365 g/mol. The quantitative estimate of drug-likeness (QED) is 0.721. The minimum Gasteiger partial charge on any atom is -0.206 e. The highest BCUT2D eigenvalue weighted by atomic mass is 79.9. The van der Waals surface area contributed by atoms with Gasteiger partial charge in [-0.05, 0) is 31.4 Å². The molecule has 1 aromatic rings. The van der Waals surface area contributed by atoms with E-state index in [9.17, 15) is 8.42 Å². The van der Waals surface area contributed by atoms with Crippen molar-refractivity contribution in [2.24, 2.45) is 0 Å². The van der Waals surface area contributed by atoms with E-state index in [0.29, 0.717) is 16.1 Å². The minimum atomic E-state index is -3.31. The topological polar surface area (TPSA) is 37.4 Å². The molecule has 3 nitrogen and oxygen atoms in total. The number of aryl methyl sites for hydroxylation is 1. The van der Waals surface area contributed by atoms with Crippen LogP contribution in [-0.2, 0) is 16.4 Å².